The van der Waals surface area contributed by atoms with Crippen molar-refractivity contribution in [2.75, 3.05) is 0 Å². The standard InChI is InChI=1S/C12H19N5/c1-4-17-10(7-9(2)15-17)8-11(13)12-14-5-6-16(12)3/h5-7,11H,4,8,13H2,1-3H3. The second-order valence-corrected chi connectivity index (χ2v) is 4.30. The van der Waals surface area contributed by atoms with E-state index in [1.165, 1.54) is 5.69 Å². The van der Waals surface area contributed by atoms with Crippen molar-refractivity contribution < 1.29 is 0 Å². The van der Waals surface area contributed by atoms with Crippen LogP contribution in [0.2, 0.25) is 0 Å². The Morgan fingerprint density at radius 2 is 2.24 bits per heavy atom. The highest BCUT2D eigenvalue weighted by Crippen LogP contribution is 2.15. The molecule has 0 saturated heterocycles. The minimum absolute atomic E-state index is 0.0867. The van der Waals surface area contributed by atoms with Crippen molar-refractivity contribution in [1.82, 2.24) is 19.3 Å². The Morgan fingerprint density at radius 3 is 2.82 bits per heavy atom. The Bertz CT molecular complexity index is 497. The molecule has 0 bridgehead atoms. The Morgan fingerprint density at radius 1 is 1.47 bits per heavy atom. The van der Waals surface area contributed by atoms with E-state index in [9.17, 15) is 0 Å². The normalized spacial score (nSPS) is 12.9. The number of hydrogen-bond donors (Lipinski definition) is 1. The number of hydrogen-bond acceptors (Lipinski definition) is 3. The van der Waals surface area contributed by atoms with Crippen molar-refractivity contribution >= 4 is 0 Å². The maximum atomic E-state index is 6.18. The third-order valence-corrected chi connectivity index (χ3v) is 2.90. The number of nitrogens with zero attached hydrogens (tertiary/aromatic N) is 4. The molecule has 0 saturated carbocycles. The highest BCUT2D eigenvalue weighted by atomic mass is 15.3. The molecule has 17 heavy (non-hydrogen) atoms. The molecule has 0 spiro atoms. The van der Waals surface area contributed by atoms with E-state index in [1.54, 1.807) is 6.20 Å². The van der Waals surface area contributed by atoms with Gasteiger partial charge in [0.1, 0.15) is 5.82 Å². The van der Waals surface area contributed by atoms with Gasteiger partial charge < -0.3 is 10.3 Å². The fourth-order valence-electron chi connectivity index (χ4n) is 2.09. The van der Waals surface area contributed by atoms with E-state index in [2.05, 4.69) is 23.1 Å². The lowest BCUT2D eigenvalue weighted by molar-refractivity contribution is 0.565. The summed E-state index contributed by atoms with van der Waals surface area (Å²) in [6.07, 6.45) is 4.45. The summed E-state index contributed by atoms with van der Waals surface area (Å²) in [4.78, 5) is 4.28. The fraction of sp³-hybridized carbons (Fsp3) is 0.500. The van der Waals surface area contributed by atoms with Crippen LogP contribution in [0.4, 0.5) is 0 Å². The van der Waals surface area contributed by atoms with Crippen LogP contribution < -0.4 is 5.73 Å². The molecule has 2 N–H and O–H groups in total. The van der Waals surface area contributed by atoms with Crippen LogP contribution in [-0.2, 0) is 20.0 Å². The predicted molar refractivity (Wildman–Crippen MR) is 66.5 cm³/mol. The molecular formula is C12H19N5. The van der Waals surface area contributed by atoms with Gasteiger partial charge in [-0.15, -0.1) is 0 Å². The van der Waals surface area contributed by atoms with Gasteiger partial charge in [-0.1, -0.05) is 0 Å². The Labute approximate surface area is 101 Å². The van der Waals surface area contributed by atoms with E-state index in [0.29, 0.717) is 0 Å². The number of rotatable bonds is 4. The lowest BCUT2D eigenvalue weighted by Gasteiger charge is -2.12. The lowest BCUT2D eigenvalue weighted by atomic mass is 10.1. The van der Waals surface area contributed by atoms with Crippen LogP contribution in [0.1, 0.15) is 30.2 Å². The fourth-order valence-corrected chi connectivity index (χ4v) is 2.09. The first-order valence-corrected chi connectivity index (χ1v) is 5.88. The Kier molecular flexibility index (Phi) is 3.28. The van der Waals surface area contributed by atoms with E-state index in [0.717, 1.165) is 24.5 Å². The molecule has 5 nitrogen and oxygen atoms in total. The van der Waals surface area contributed by atoms with Gasteiger partial charge in [-0.05, 0) is 19.9 Å². The van der Waals surface area contributed by atoms with Crippen LogP contribution in [0, 0.1) is 6.92 Å². The minimum atomic E-state index is -0.0867. The van der Waals surface area contributed by atoms with Crippen LogP contribution in [0.5, 0.6) is 0 Å². The van der Waals surface area contributed by atoms with Crippen LogP contribution in [0.25, 0.3) is 0 Å². The predicted octanol–water partition coefficient (Wildman–Crippen LogP) is 1.19. The van der Waals surface area contributed by atoms with Crippen molar-refractivity contribution in [1.29, 1.82) is 0 Å². The minimum Gasteiger partial charge on any atom is -0.337 e. The second-order valence-electron chi connectivity index (χ2n) is 4.30. The monoisotopic (exact) mass is 233 g/mol. The molecule has 0 amide bonds. The molecule has 0 fully saturated rings. The highest BCUT2D eigenvalue weighted by molar-refractivity contribution is 5.12. The van der Waals surface area contributed by atoms with Gasteiger partial charge in [-0.3, -0.25) is 4.68 Å². The van der Waals surface area contributed by atoms with E-state index < -0.39 is 0 Å². The van der Waals surface area contributed by atoms with Gasteiger partial charge in [-0.25, -0.2) is 4.98 Å². The highest BCUT2D eigenvalue weighted by Gasteiger charge is 2.14. The van der Waals surface area contributed by atoms with Gasteiger partial charge in [0, 0.05) is 38.1 Å². The van der Waals surface area contributed by atoms with Crippen LogP contribution in [0.3, 0.4) is 0 Å². The van der Waals surface area contributed by atoms with Gasteiger partial charge in [0.25, 0.3) is 0 Å². The number of imidazole rings is 1. The Hall–Kier alpha value is -1.62. The smallest absolute Gasteiger partial charge is 0.125 e. The van der Waals surface area contributed by atoms with E-state index in [1.807, 2.05) is 29.4 Å². The molecule has 0 aromatic carbocycles. The average molecular weight is 233 g/mol. The average Bonchev–Trinajstić information content (AvgIpc) is 2.84. The molecule has 2 aromatic rings. The summed E-state index contributed by atoms with van der Waals surface area (Å²) in [6.45, 7) is 4.96. The van der Waals surface area contributed by atoms with Crippen molar-refractivity contribution in [3.63, 3.8) is 0 Å². The van der Waals surface area contributed by atoms with E-state index in [-0.39, 0.29) is 6.04 Å². The Balaban J connectivity index is 2.18. The SMILES string of the molecule is CCn1nc(C)cc1CC(N)c1nccn1C. The molecule has 0 aliphatic heterocycles. The summed E-state index contributed by atoms with van der Waals surface area (Å²) in [7, 11) is 1.96. The van der Waals surface area contributed by atoms with Crippen molar-refractivity contribution in [3.05, 3.63) is 35.7 Å². The summed E-state index contributed by atoms with van der Waals surface area (Å²) in [5.41, 5.74) is 8.38. The van der Waals surface area contributed by atoms with Crippen LogP contribution >= 0.6 is 0 Å². The van der Waals surface area contributed by atoms with Gasteiger partial charge >= 0.3 is 0 Å². The molecule has 0 radical (unpaired) electrons. The summed E-state index contributed by atoms with van der Waals surface area (Å²) >= 11 is 0. The molecular weight excluding hydrogens is 214 g/mol. The molecule has 1 unspecified atom stereocenters. The summed E-state index contributed by atoms with van der Waals surface area (Å²) < 4.78 is 3.96. The van der Waals surface area contributed by atoms with Gasteiger partial charge in [0.05, 0.1) is 11.7 Å². The van der Waals surface area contributed by atoms with Crippen LogP contribution in [0.15, 0.2) is 18.5 Å². The van der Waals surface area contributed by atoms with Gasteiger partial charge in [0.2, 0.25) is 0 Å². The molecule has 1 atom stereocenters. The first kappa shape index (κ1) is 11.9. The topological polar surface area (TPSA) is 61.7 Å². The molecule has 92 valence electrons. The van der Waals surface area contributed by atoms with E-state index in [4.69, 9.17) is 5.73 Å². The summed E-state index contributed by atoms with van der Waals surface area (Å²) in [5, 5.41) is 4.42. The lowest BCUT2D eigenvalue weighted by Crippen LogP contribution is -2.19. The molecule has 2 aromatic heterocycles. The second kappa shape index (κ2) is 4.71. The molecule has 2 rings (SSSR count). The third kappa shape index (κ3) is 2.39. The molecule has 0 aliphatic carbocycles. The maximum Gasteiger partial charge on any atom is 0.125 e. The first-order chi connectivity index (χ1) is 8.11. The van der Waals surface area contributed by atoms with Crippen molar-refractivity contribution in [2.24, 2.45) is 12.8 Å². The third-order valence-electron chi connectivity index (χ3n) is 2.90. The zero-order chi connectivity index (χ0) is 12.4. The molecule has 2 heterocycles. The van der Waals surface area contributed by atoms with Gasteiger partial charge in [-0.2, -0.15) is 5.10 Å². The number of nitrogens with two attached hydrogens (primary N) is 1. The van der Waals surface area contributed by atoms with Crippen molar-refractivity contribution in [3.8, 4) is 0 Å². The van der Waals surface area contributed by atoms with Gasteiger partial charge in [0.15, 0.2) is 0 Å². The zero-order valence-electron chi connectivity index (χ0n) is 10.6. The van der Waals surface area contributed by atoms with Crippen molar-refractivity contribution in [2.45, 2.75) is 32.9 Å². The maximum absolute atomic E-state index is 6.18. The number of aromatic nitrogens is 4. The quantitative estimate of drug-likeness (QED) is 0.862. The largest absolute Gasteiger partial charge is 0.337 e. The molecule has 5 heteroatoms. The van der Waals surface area contributed by atoms with E-state index >= 15 is 0 Å². The number of aryl methyl sites for hydroxylation is 3. The zero-order valence-corrected chi connectivity index (χ0v) is 10.6. The summed E-state index contributed by atoms with van der Waals surface area (Å²) in [6, 6.07) is 2.00. The van der Waals surface area contributed by atoms with Crippen LogP contribution in [-0.4, -0.2) is 19.3 Å². The summed E-state index contributed by atoms with van der Waals surface area (Å²) in [5.74, 6) is 0.909. The molecule has 0 aliphatic rings. The first-order valence-electron chi connectivity index (χ1n) is 5.88.